The Labute approximate surface area is 217 Å². The zero-order chi connectivity index (χ0) is 27.0. The van der Waals surface area contributed by atoms with E-state index in [4.69, 9.17) is 10.5 Å². The molecule has 1 fully saturated rings. The third-order valence-corrected chi connectivity index (χ3v) is 5.81. The van der Waals surface area contributed by atoms with Crippen LogP contribution in [0.25, 0.3) is 0 Å². The van der Waals surface area contributed by atoms with Crippen molar-refractivity contribution in [3.8, 4) is 0 Å². The lowest BCUT2D eigenvalue weighted by Gasteiger charge is -2.34. The summed E-state index contributed by atoms with van der Waals surface area (Å²) in [6.07, 6.45) is 0.562. The Bertz CT molecular complexity index is 1080. The highest BCUT2D eigenvalue weighted by Crippen LogP contribution is 2.36. The summed E-state index contributed by atoms with van der Waals surface area (Å²) in [7, 11) is 0. The second kappa shape index (κ2) is 12.4. The van der Waals surface area contributed by atoms with Crippen LogP contribution >= 0.6 is 0 Å². The molecule has 198 valence electrons. The maximum atomic E-state index is 14.0. The Morgan fingerprint density at radius 2 is 1.59 bits per heavy atom. The first kappa shape index (κ1) is 27.7. The Balaban J connectivity index is 1.89. The van der Waals surface area contributed by atoms with Crippen LogP contribution in [0.15, 0.2) is 60.7 Å². The lowest BCUT2D eigenvalue weighted by Crippen LogP contribution is -2.54. The zero-order valence-electron chi connectivity index (χ0n) is 21.6. The van der Waals surface area contributed by atoms with Crippen molar-refractivity contribution in [2.75, 3.05) is 0 Å². The Hall–Kier alpha value is -3.88. The highest BCUT2D eigenvalue weighted by Gasteiger charge is 2.44. The van der Waals surface area contributed by atoms with Crippen LogP contribution in [0.3, 0.4) is 0 Å². The number of nitrogens with two attached hydrogens (primary N) is 1. The Morgan fingerprint density at radius 3 is 2.14 bits per heavy atom. The molecule has 2 aromatic carbocycles. The molecule has 0 bridgehead atoms. The van der Waals surface area contributed by atoms with Gasteiger partial charge in [-0.05, 0) is 51.2 Å². The van der Waals surface area contributed by atoms with Crippen molar-refractivity contribution in [1.29, 1.82) is 0 Å². The monoisotopic (exact) mass is 508 g/mol. The molecule has 4 amide bonds. The molecule has 4 N–H and O–H groups in total. The Morgan fingerprint density at radius 1 is 1.00 bits per heavy atom. The number of carbonyl (C=O) groups excluding carboxylic acids is 4. The largest absolute Gasteiger partial charge is 0.444 e. The third-order valence-electron chi connectivity index (χ3n) is 5.81. The molecule has 3 rings (SSSR count). The lowest BCUT2D eigenvalue weighted by atomic mass is 10.0. The van der Waals surface area contributed by atoms with Gasteiger partial charge in [0.05, 0.1) is 0 Å². The molecule has 0 spiro atoms. The summed E-state index contributed by atoms with van der Waals surface area (Å²) in [6.45, 7) is 5.44. The number of nitrogens with one attached hydrogen (secondary N) is 2. The van der Waals surface area contributed by atoms with Gasteiger partial charge in [-0.25, -0.2) is 4.79 Å². The molecule has 0 aromatic heterocycles. The fourth-order valence-corrected chi connectivity index (χ4v) is 4.00. The van der Waals surface area contributed by atoms with E-state index < -0.39 is 35.6 Å². The van der Waals surface area contributed by atoms with Crippen LogP contribution in [-0.4, -0.2) is 46.4 Å². The fourth-order valence-electron chi connectivity index (χ4n) is 4.00. The molecule has 1 saturated carbocycles. The number of carbonyl (C=O) groups is 4. The van der Waals surface area contributed by atoms with Crippen molar-refractivity contribution in [2.24, 2.45) is 5.73 Å². The molecular formula is C28H36N4O5. The number of ether oxygens (including phenoxy) is 1. The van der Waals surface area contributed by atoms with Gasteiger partial charge >= 0.3 is 6.09 Å². The van der Waals surface area contributed by atoms with Crippen molar-refractivity contribution in [1.82, 2.24) is 15.5 Å². The van der Waals surface area contributed by atoms with Gasteiger partial charge in [0, 0.05) is 19.0 Å². The minimum Gasteiger partial charge on any atom is -0.444 e. The average molecular weight is 509 g/mol. The number of alkyl carbamates (subject to hydrolysis) is 1. The normalized spacial score (nSPS) is 14.7. The van der Waals surface area contributed by atoms with Crippen LogP contribution in [0.1, 0.15) is 63.6 Å². The summed E-state index contributed by atoms with van der Waals surface area (Å²) in [4.78, 5) is 53.2. The summed E-state index contributed by atoms with van der Waals surface area (Å²) in [5, 5.41) is 5.56. The molecule has 0 radical (unpaired) electrons. The van der Waals surface area contributed by atoms with Gasteiger partial charge in [0.1, 0.15) is 17.7 Å². The van der Waals surface area contributed by atoms with E-state index in [0.717, 1.165) is 18.4 Å². The maximum Gasteiger partial charge on any atom is 0.408 e. The average Bonchev–Trinajstić information content (AvgIpc) is 3.68. The predicted octanol–water partition coefficient (Wildman–Crippen LogP) is 3.19. The van der Waals surface area contributed by atoms with E-state index >= 15 is 0 Å². The molecule has 2 atom stereocenters. The van der Waals surface area contributed by atoms with Crippen molar-refractivity contribution in [3.63, 3.8) is 0 Å². The molecule has 0 heterocycles. The van der Waals surface area contributed by atoms with Crippen molar-refractivity contribution in [2.45, 2.75) is 76.7 Å². The molecule has 0 aliphatic heterocycles. The van der Waals surface area contributed by atoms with Gasteiger partial charge in [-0.1, -0.05) is 60.7 Å². The van der Waals surface area contributed by atoms with E-state index in [9.17, 15) is 19.2 Å². The fraction of sp³-hybridized carbons (Fsp3) is 0.429. The molecule has 9 nitrogen and oxygen atoms in total. The predicted molar refractivity (Wildman–Crippen MR) is 139 cm³/mol. The van der Waals surface area contributed by atoms with Crippen LogP contribution in [0.2, 0.25) is 0 Å². The number of hydrogen-bond acceptors (Lipinski definition) is 5. The van der Waals surface area contributed by atoms with E-state index in [1.165, 1.54) is 0 Å². The molecule has 37 heavy (non-hydrogen) atoms. The van der Waals surface area contributed by atoms with E-state index in [0.29, 0.717) is 12.1 Å². The van der Waals surface area contributed by atoms with Crippen molar-refractivity contribution < 1.29 is 23.9 Å². The highest BCUT2D eigenvalue weighted by atomic mass is 16.6. The molecule has 0 saturated heterocycles. The van der Waals surface area contributed by atoms with Gasteiger partial charge in [-0.15, -0.1) is 0 Å². The number of hydrogen-bond donors (Lipinski definition) is 3. The molecule has 2 aromatic rings. The summed E-state index contributed by atoms with van der Waals surface area (Å²) in [6, 6.07) is 16.4. The molecule has 9 heteroatoms. The van der Waals surface area contributed by atoms with Crippen LogP contribution in [-0.2, 0) is 25.7 Å². The molecule has 2 unspecified atom stereocenters. The molecule has 1 aliphatic rings. The standard InChI is InChI=1S/C28H36N4O5/c1-28(2,3)37-27(36)31-22(16-17-23(29)33)26(35)32(21-14-15-21)24(20-12-8-5-9-13-20)25(34)30-18-19-10-6-4-7-11-19/h4-13,21-22,24H,14-18H2,1-3H3,(H2,29,33)(H,30,34)(H,31,36). The summed E-state index contributed by atoms with van der Waals surface area (Å²) >= 11 is 0. The van der Waals surface area contributed by atoms with E-state index in [1.807, 2.05) is 48.5 Å². The van der Waals surface area contributed by atoms with Crippen molar-refractivity contribution >= 4 is 23.8 Å². The first-order chi connectivity index (χ1) is 17.5. The SMILES string of the molecule is CC(C)(C)OC(=O)NC(CCC(N)=O)C(=O)N(C1CC1)C(C(=O)NCc1ccccc1)c1ccccc1. The number of amides is 4. The van der Waals surface area contributed by atoms with Gasteiger partial charge in [0.15, 0.2) is 0 Å². The van der Waals surface area contributed by atoms with E-state index in [2.05, 4.69) is 10.6 Å². The molecular weight excluding hydrogens is 472 g/mol. The van der Waals surface area contributed by atoms with Gasteiger partial charge in [-0.2, -0.15) is 0 Å². The second-order valence-corrected chi connectivity index (χ2v) is 10.2. The van der Waals surface area contributed by atoms with Crippen molar-refractivity contribution in [3.05, 3.63) is 71.8 Å². The summed E-state index contributed by atoms with van der Waals surface area (Å²) in [5.74, 6) is -1.39. The van der Waals surface area contributed by atoms with Gasteiger partial charge in [0.2, 0.25) is 17.7 Å². The summed E-state index contributed by atoms with van der Waals surface area (Å²) < 4.78 is 5.34. The highest BCUT2D eigenvalue weighted by molar-refractivity contribution is 5.93. The quantitative estimate of drug-likeness (QED) is 0.429. The van der Waals surface area contributed by atoms with Gasteiger partial charge in [-0.3, -0.25) is 14.4 Å². The van der Waals surface area contributed by atoms with Gasteiger partial charge < -0.3 is 26.0 Å². The number of nitrogens with zero attached hydrogens (tertiary/aromatic N) is 1. The number of rotatable bonds is 11. The minimum absolute atomic E-state index is 0.0101. The van der Waals surface area contributed by atoms with Crippen LogP contribution in [0.5, 0.6) is 0 Å². The smallest absolute Gasteiger partial charge is 0.408 e. The zero-order valence-corrected chi connectivity index (χ0v) is 21.6. The number of benzene rings is 2. The van der Waals surface area contributed by atoms with Gasteiger partial charge in [0.25, 0.3) is 0 Å². The Kier molecular flexibility index (Phi) is 9.27. The number of primary amides is 1. The maximum absolute atomic E-state index is 14.0. The van der Waals surface area contributed by atoms with Crippen LogP contribution in [0, 0.1) is 0 Å². The second-order valence-electron chi connectivity index (χ2n) is 10.2. The van der Waals surface area contributed by atoms with E-state index in [-0.39, 0.29) is 24.8 Å². The lowest BCUT2D eigenvalue weighted by molar-refractivity contribution is -0.143. The minimum atomic E-state index is -1.09. The summed E-state index contributed by atoms with van der Waals surface area (Å²) in [5.41, 5.74) is 6.15. The topological polar surface area (TPSA) is 131 Å². The van der Waals surface area contributed by atoms with Crippen LogP contribution in [0.4, 0.5) is 4.79 Å². The van der Waals surface area contributed by atoms with Crippen LogP contribution < -0.4 is 16.4 Å². The first-order valence-corrected chi connectivity index (χ1v) is 12.5. The van der Waals surface area contributed by atoms with E-state index in [1.54, 1.807) is 37.8 Å². The third kappa shape index (κ3) is 8.63. The molecule has 1 aliphatic carbocycles. The first-order valence-electron chi connectivity index (χ1n) is 12.5.